The summed E-state index contributed by atoms with van der Waals surface area (Å²) >= 11 is 0. The van der Waals surface area contributed by atoms with Crippen LogP contribution in [0.2, 0.25) is 0 Å². The third kappa shape index (κ3) is 4.87. The van der Waals surface area contributed by atoms with Gasteiger partial charge in [0.15, 0.2) is 0 Å². The molecule has 0 aliphatic rings. The smallest absolute Gasteiger partial charge is 0.0639 e. The highest BCUT2D eigenvalue weighted by atomic mass is 16.3. The van der Waals surface area contributed by atoms with Gasteiger partial charge in [-0.15, -0.1) is 0 Å². The fourth-order valence-electron chi connectivity index (χ4n) is 1.57. The molecule has 0 spiro atoms. The molecule has 4 nitrogen and oxygen atoms in total. The van der Waals surface area contributed by atoms with E-state index < -0.39 is 0 Å². The first kappa shape index (κ1) is 12.6. The zero-order chi connectivity index (χ0) is 11.8. The summed E-state index contributed by atoms with van der Waals surface area (Å²) in [6.07, 6.45) is 3.64. The molecule has 1 aromatic heterocycles. The average molecular weight is 219 g/mol. The Hall–Kier alpha value is -1.44. The molecular formula is C12H17N3O. The van der Waals surface area contributed by atoms with Gasteiger partial charge in [0.2, 0.25) is 0 Å². The fourth-order valence-corrected chi connectivity index (χ4v) is 1.57. The third-order valence-corrected chi connectivity index (χ3v) is 2.19. The number of aliphatic hydroxyl groups is 1. The molecule has 86 valence electrons. The van der Waals surface area contributed by atoms with Gasteiger partial charge in [0.1, 0.15) is 0 Å². The lowest BCUT2D eigenvalue weighted by Gasteiger charge is -2.22. The summed E-state index contributed by atoms with van der Waals surface area (Å²) in [5.74, 6) is 0. The van der Waals surface area contributed by atoms with Gasteiger partial charge in [-0.1, -0.05) is 6.07 Å². The van der Waals surface area contributed by atoms with Gasteiger partial charge in [-0.3, -0.25) is 9.88 Å². The topological polar surface area (TPSA) is 60.1 Å². The number of aromatic nitrogens is 1. The van der Waals surface area contributed by atoms with Crippen LogP contribution in [-0.2, 0) is 6.54 Å². The maximum Gasteiger partial charge on any atom is 0.0639 e. The number of pyridine rings is 1. The molecule has 0 unspecified atom stereocenters. The van der Waals surface area contributed by atoms with Gasteiger partial charge >= 0.3 is 0 Å². The molecule has 4 heteroatoms. The van der Waals surface area contributed by atoms with E-state index >= 15 is 0 Å². The molecule has 1 heterocycles. The number of hydrogen-bond acceptors (Lipinski definition) is 4. The Bertz CT molecular complexity index is 332. The first-order valence-corrected chi connectivity index (χ1v) is 5.38. The van der Waals surface area contributed by atoms with Gasteiger partial charge in [-0.05, 0) is 18.6 Å². The molecule has 1 rings (SSSR count). The predicted molar refractivity (Wildman–Crippen MR) is 61.4 cm³/mol. The number of aliphatic hydroxyl groups excluding tert-OH is 1. The molecule has 16 heavy (non-hydrogen) atoms. The van der Waals surface area contributed by atoms with Crippen LogP contribution in [0.3, 0.4) is 0 Å². The minimum absolute atomic E-state index is 0.379. The minimum Gasteiger partial charge on any atom is -0.392 e. The predicted octanol–water partition coefficient (Wildman–Crippen LogP) is 1.18. The lowest BCUT2D eigenvalue weighted by Crippen LogP contribution is -2.31. The molecule has 0 aliphatic heterocycles. The van der Waals surface area contributed by atoms with Crippen molar-refractivity contribution < 1.29 is 5.11 Å². The molecule has 1 atom stereocenters. The van der Waals surface area contributed by atoms with Crippen LogP contribution in [0.4, 0.5) is 0 Å². The van der Waals surface area contributed by atoms with E-state index in [2.05, 4.69) is 16.0 Å². The van der Waals surface area contributed by atoms with E-state index in [9.17, 15) is 5.11 Å². The summed E-state index contributed by atoms with van der Waals surface area (Å²) in [5, 5.41) is 17.9. The van der Waals surface area contributed by atoms with E-state index in [-0.39, 0.29) is 6.10 Å². The van der Waals surface area contributed by atoms with Crippen molar-refractivity contribution in [3.8, 4) is 6.07 Å². The molecule has 0 saturated carbocycles. The molecule has 1 N–H and O–H groups in total. The standard InChI is InChI=1S/C12H17N3O/c1-11(16)9-15(7-3-5-13)10-12-4-2-6-14-8-12/h2,4,6,8,11,16H,3,7,9-10H2,1H3/t11-/m0/s1. The van der Waals surface area contributed by atoms with Crippen LogP contribution in [0.25, 0.3) is 0 Å². The number of nitriles is 1. The Morgan fingerprint density at radius 2 is 2.44 bits per heavy atom. The van der Waals surface area contributed by atoms with Crippen molar-refractivity contribution in [1.29, 1.82) is 5.26 Å². The summed E-state index contributed by atoms with van der Waals surface area (Å²) in [6, 6.07) is 6.00. The Balaban J connectivity index is 2.53. The molecule has 0 aromatic carbocycles. The van der Waals surface area contributed by atoms with Crippen molar-refractivity contribution in [2.75, 3.05) is 13.1 Å². The van der Waals surface area contributed by atoms with Crippen LogP contribution in [-0.4, -0.2) is 34.2 Å². The summed E-state index contributed by atoms with van der Waals surface area (Å²) in [7, 11) is 0. The van der Waals surface area contributed by atoms with Crippen LogP contribution in [0.15, 0.2) is 24.5 Å². The van der Waals surface area contributed by atoms with E-state index in [1.54, 1.807) is 19.3 Å². The molecule has 0 saturated heterocycles. The SMILES string of the molecule is C[C@H](O)CN(CCC#N)Cc1cccnc1. The van der Waals surface area contributed by atoms with E-state index in [0.717, 1.165) is 12.1 Å². The Morgan fingerprint density at radius 1 is 1.62 bits per heavy atom. The highest BCUT2D eigenvalue weighted by molar-refractivity contribution is 5.08. The lowest BCUT2D eigenvalue weighted by molar-refractivity contribution is 0.124. The quantitative estimate of drug-likeness (QED) is 0.780. The average Bonchev–Trinajstić information content (AvgIpc) is 2.26. The molecule has 0 fully saturated rings. The molecule has 0 radical (unpaired) electrons. The number of rotatable bonds is 6. The summed E-state index contributed by atoms with van der Waals surface area (Å²) in [6.45, 7) is 3.73. The van der Waals surface area contributed by atoms with Crippen molar-refractivity contribution >= 4 is 0 Å². The molecular weight excluding hydrogens is 202 g/mol. The normalized spacial score (nSPS) is 12.4. The Kier molecular flexibility index (Phi) is 5.48. The van der Waals surface area contributed by atoms with Gasteiger partial charge in [0.05, 0.1) is 12.2 Å². The summed E-state index contributed by atoms with van der Waals surface area (Å²) < 4.78 is 0. The first-order chi connectivity index (χ1) is 7.72. The van der Waals surface area contributed by atoms with Crippen LogP contribution in [0.5, 0.6) is 0 Å². The maximum atomic E-state index is 9.36. The Labute approximate surface area is 96.2 Å². The van der Waals surface area contributed by atoms with Crippen LogP contribution in [0, 0.1) is 11.3 Å². The fraction of sp³-hybridized carbons (Fsp3) is 0.500. The van der Waals surface area contributed by atoms with E-state index in [1.807, 2.05) is 12.1 Å². The summed E-state index contributed by atoms with van der Waals surface area (Å²) in [4.78, 5) is 6.10. The molecule has 0 amide bonds. The minimum atomic E-state index is -0.379. The number of hydrogen-bond donors (Lipinski definition) is 1. The highest BCUT2D eigenvalue weighted by Gasteiger charge is 2.08. The van der Waals surface area contributed by atoms with E-state index in [1.165, 1.54) is 0 Å². The van der Waals surface area contributed by atoms with Gasteiger partial charge in [-0.25, -0.2) is 0 Å². The molecule has 0 bridgehead atoms. The second-order valence-corrected chi connectivity index (χ2v) is 3.85. The van der Waals surface area contributed by atoms with Crippen LogP contribution in [0.1, 0.15) is 18.9 Å². The van der Waals surface area contributed by atoms with Crippen molar-refractivity contribution in [2.24, 2.45) is 0 Å². The second-order valence-electron chi connectivity index (χ2n) is 3.85. The maximum absolute atomic E-state index is 9.36. The zero-order valence-electron chi connectivity index (χ0n) is 9.50. The van der Waals surface area contributed by atoms with Crippen molar-refractivity contribution in [3.05, 3.63) is 30.1 Å². The first-order valence-electron chi connectivity index (χ1n) is 5.38. The third-order valence-electron chi connectivity index (χ3n) is 2.19. The van der Waals surface area contributed by atoms with E-state index in [0.29, 0.717) is 19.5 Å². The summed E-state index contributed by atoms with van der Waals surface area (Å²) in [5.41, 5.74) is 1.10. The lowest BCUT2D eigenvalue weighted by atomic mass is 10.2. The van der Waals surface area contributed by atoms with Gasteiger partial charge in [0, 0.05) is 38.4 Å². The van der Waals surface area contributed by atoms with E-state index in [4.69, 9.17) is 5.26 Å². The monoisotopic (exact) mass is 219 g/mol. The number of nitrogens with zero attached hydrogens (tertiary/aromatic N) is 3. The highest BCUT2D eigenvalue weighted by Crippen LogP contribution is 2.04. The van der Waals surface area contributed by atoms with Crippen molar-refractivity contribution in [1.82, 2.24) is 9.88 Å². The van der Waals surface area contributed by atoms with Gasteiger partial charge in [0.25, 0.3) is 0 Å². The molecule has 1 aromatic rings. The van der Waals surface area contributed by atoms with Crippen molar-refractivity contribution in [2.45, 2.75) is 26.0 Å². The largest absolute Gasteiger partial charge is 0.392 e. The van der Waals surface area contributed by atoms with Gasteiger partial charge in [-0.2, -0.15) is 5.26 Å². The van der Waals surface area contributed by atoms with Gasteiger partial charge < -0.3 is 5.11 Å². The van der Waals surface area contributed by atoms with Crippen molar-refractivity contribution in [3.63, 3.8) is 0 Å². The van der Waals surface area contributed by atoms with Crippen LogP contribution >= 0.6 is 0 Å². The Morgan fingerprint density at radius 3 is 3.00 bits per heavy atom. The van der Waals surface area contributed by atoms with Crippen LogP contribution < -0.4 is 0 Å². The molecule has 0 aliphatic carbocycles. The zero-order valence-corrected chi connectivity index (χ0v) is 9.50. The second kappa shape index (κ2) is 6.94.